The maximum atomic E-state index is 12.2. The maximum Gasteiger partial charge on any atom is 0.220 e. The summed E-state index contributed by atoms with van der Waals surface area (Å²) in [6, 6.07) is 0.450. The predicted octanol–water partition coefficient (Wildman–Crippen LogP) is 4.67. The van der Waals surface area contributed by atoms with Crippen LogP contribution in [0.4, 0.5) is 0 Å². The lowest BCUT2D eigenvalue weighted by molar-refractivity contribution is -0.174. The maximum absolute atomic E-state index is 12.2. The minimum absolute atomic E-state index is 0.00489. The minimum Gasteiger partial charge on any atom is -0.393 e. The van der Waals surface area contributed by atoms with Crippen molar-refractivity contribution in [2.75, 3.05) is 0 Å². The Bertz CT molecular complexity index is 692. The Labute approximate surface area is 188 Å². The number of rotatable bonds is 5. The van der Waals surface area contributed by atoms with E-state index in [4.69, 9.17) is 0 Å². The number of amides is 1. The molecule has 10 atom stereocenters. The van der Waals surface area contributed by atoms with Crippen molar-refractivity contribution in [3.63, 3.8) is 0 Å². The van der Waals surface area contributed by atoms with Gasteiger partial charge in [0.2, 0.25) is 5.91 Å². The van der Waals surface area contributed by atoms with Crippen molar-refractivity contribution in [1.82, 2.24) is 5.32 Å². The molecule has 5 rings (SSSR count). The highest BCUT2D eigenvalue weighted by Crippen LogP contribution is 2.68. The molecule has 0 aromatic carbocycles. The Morgan fingerprint density at radius 1 is 1.00 bits per heavy atom. The van der Waals surface area contributed by atoms with E-state index in [-0.39, 0.29) is 23.5 Å². The topological polar surface area (TPSA) is 69.6 Å². The lowest BCUT2D eigenvalue weighted by atomic mass is 9.43. The fraction of sp³-hybridized carbons (Fsp3) is 0.963. The summed E-state index contributed by atoms with van der Waals surface area (Å²) in [5.74, 6) is 3.85. The Balaban J connectivity index is 1.29. The highest BCUT2D eigenvalue weighted by atomic mass is 16.3. The molecule has 0 aromatic heterocycles. The van der Waals surface area contributed by atoms with Crippen LogP contribution in [-0.2, 0) is 4.79 Å². The number of hydrogen-bond donors (Lipinski definition) is 3. The molecule has 3 N–H and O–H groups in total. The zero-order chi connectivity index (χ0) is 22.0. The molecule has 0 bridgehead atoms. The first kappa shape index (κ1) is 22.2. The molecule has 0 spiro atoms. The van der Waals surface area contributed by atoms with Crippen LogP contribution in [-0.4, -0.2) is 34.4 Å². The Kier molecular flexibility index (Phi) is 5.73. The van der Waals surface area contributed by atoms with Crippen LogP contribution in [0, 0.1) is 46.3 Å². The second-order valence-corrected chi connectivity index (χ2v) is 12.7. The predicted molar refractivity (Wildman–Crippen MR) is 122 cm³/mol. The fourth-order valence-electron chi connectivity index (χ4n) is 9.25. The number of hydrogen-bond acceptors (Lipinski definition) is 3. The first-order chi connectivity index (χ1) is 14.7. The van der Waals surface area contributed by atoms with Crippen LogP contribution in [0.3, 0.4) is 0 Å². The second-order valence-electron chi connectivity index (χ2n) is 12.7. The first-order valence-corrected chi connectivity index (χ1v) is 13.4. The van der Waals surface area contributed by atoms with Gasteiger partial charge < -0.3 is 15.5 Å². The molecule has 0 aromatic rings. The SMILES string of the molecule is C[C@H](CCC(=O)NC1CC1)[C@H]1CC[C@H]2[C@@H]3CC[C@@H]4C[C@H](O)CC[C@]4(C)[C@H]3C[C@H](O)[C@]12C. The van der Waals surface area contributed by atoms with Gasteiger partial charge in [-0.05, 0) is 117 Å². The molecule has 31 heavy (non-hydrogen) atoms. The molecule has 0 unspecified atom stereocenters. The van der Waals surface area contributed by atoms with Crippen molar-refractivity contribution in [2.24, 2.45) is 46.3 Å². The number of fused-ring (bicyclic) bond motifs is 5. The van der Waals surface area contributed by atoms with Gasteiger partial charge in [-0.25, -0.2) is 0 Å². The number of carbonyl (C=O) groups excluding carboxylic acids is 1. The van der Waals surface area contributed by atoms with Gasteiger partial charge in [0.05, 0.1) is 12.2 Å². The summed E-state index contributed by atoms with van der Waals surface area (Å²) < 4.78 is 0. The zero-order valence-electron chi connectivity index (χ0n) is 20.0. The molecular formula is C27H45NO3. The van der Waals surface area contributed by atoms with Gasteiger partial charge in [0.15, 0.2) is 0 Å². The molecule has 176 valence electrons. The highest BCUT2D eigenvalue weighted by Gasteiger charge is 2.63. The normalized spacial score (nSPS) is 50.2. The fourth-order valence-corrected chi connectivity index (χ4v) is 9.25. The van der Waals surface area contributed by atoms with Gasteiger partial charge in [0.1, 0.15) is 0 Å². The molecule has 1 amide bonds. The summed E-state index contributed by atoms with van der Waals surface area (Å²) >= 11 is 0. The van der Waals surface area contributed by atoms with Gasteiger partial charge in [0.25, 0.3) is 0 Å². The molecule has 4 heteroatoms. The van der Waals surface area contributed by atoms with Crippen molar-refractivity contribution in [3.05, 3.63) is 0 Å². The van der Waals surface area contributed by atoms with Crippen LogP contribution in [0.2, 0.25) is 0 Å². The molecular weight excluding hydrogens is 386 g/mol. The third-order valence-corrected chi connectivity index (χ3v) is 11.3. The number of nitrogens with one attached hydrogen (secondary N) is 1. The van der Waals surface area contributed by atoms with Crippen molar-refractivity contribution in [3.8, 4) is 0 Å². The summed E-state index contributed by atoms with van der Waals surface area (Å²) in [5.41, 5.74) is 0.306. The number of carbonyl (C=O) groups is 1. The van der Waals surface area contributed by atoms with Crippen molar-refractivity contribution in [1.29, 1.82) is 0 Å². The third kappa shape index (κ3) is 3.68. The molecule has 5 fully saturated rings. The van der Waals surface area contributed by atoms with Crippen molar-refractivity contribution in [2.45, 2.75) is 116 Å². The summed E-state index contributed by atoms with van der Waals surface area (Å²) in [6.07, 6.45) is 12.6. The van der Waals surface area contributed by atoms with Gasteiger partial charge in [-0.2, -0.15) is 0 Å². The van der Waals surface area contributed by atoms with Gasteiger partial charge >= 0.3 is 0 Å². The van der Waals surface area contributed by atoms with Crippen LogP contribution >= 0.6 is 0 Å². The van der Waals surface area contributed by atoms with E-state index in [0.717, 1.165) is 50.9 Å². The van der Waals surface area contributed by atoms with E-state index in [9.17, 15) is 15.0 Å². The van der Waals surface area contributed by atoms with E-state index >= 15 is 0 Å². The zero-order valence-corrected chi connectivity index (χ0v) is 20.0. The van der Waals surface area contributed by atoms with Gasteiger partial charge in [-0.3, -0.25) is 4.79 Å². The van der Waals surface area contributed by atoms with Crippen LogP contribution < -0.4 is 5.32 Å². The first-order valence-electron chi connectivity index (χ1n) is 13.4. The lowest BCUT2D eigenvalue weighted by Gasteiger charge is -2.62. The van der Waals surface area contributed by atoms with E-state index < -0.39 is 0 Å². The van der Waals surface area contributed by atoms with E-state index in [1.165, 1.54) is 25.7 Å². The van der Waals surface area contributed by atoms with Gasteiger partial charge in [0, 0.05) is 12.5 Å². The molecule has 0 heterocycles. The van der Waals surface area contributed by atoms with Crippen molar-refractivity contribution < 1.29 is 15.0 Å². The summed E-state index contributed by atoms with van der Waals surface area (Å²) in [7, 11) is 0. The summed E-state index contributed by atoms with van der Waals surface area (Å²) in [6.45, 7) is 7.22. The van der Waals surface area contributed by atoms with Gasteiger partial charge in [-0.15, -0.1) is 0 Å². The van der Waals surface area contributed by atoms with Crippen LogP contribution in [0.5, 0.6) is 0 Å². The van der Waals surface area contributed by atoms with E-state index in [1.807, 2.05) is 0 Å². The monoisotopic (exact) mass is 431 g/mol. The smallest absolute Gasteiger partial charge is 0.220 e. The van der Waals surface area contributed by atoms with E-state index in [2.05, 4.69) is 26.1 Å². The quantitative estimate of drug-likeness (QED) is 0.592. The summed E-state index contributed by atoms with van der Waals surface area (Å²) in [5, 5.41) is 25.0. The van der Waals surface area contributed by atoms with Crippen LogP contribution in [0.1, 0.15) is 97.8 Å². The largest absolute Gasteiger partial charge is 0.393 e. The van der Waals surface area contributed by atoms with E-state index in [0.29, 0.717) is 47.5 Å². The molecule has 5 aliphatic rings. The molecule has 5 saturated carbocycles. The lowest BCUT2D eigenvalue weighted by Crippen LogP contribution is -2.58. The standard InChI is InChI=1S/C27H45NO3/c1-16(4-11-25(31)28-18-6-7-18)21-9-10-22-20-8-5-17-14-19(29)12-13-26(17,2)23(20)15-24(30)27(21,22)3/h16-24,29-30H,4-15H2,1-3H3,(H,28,31)/t16-,17-,19-,20+,21-,22+,23+,24+,26+,27-/m1/s1. The molecule has 4 nitrogen and oxygen atoms in total. The minimum atomic E-state index is -0.226. The summed E-state index contributed by atoms with van der Waals surface area (Å²) in [4.78, 5) is 12.2. The van der Waals surface area contributed by atoms with Crippen molar-refractivity contribution >= 4 is 5.91 Å². The van der Waals surface area contributed by atoms with E-state index in [1.54, 1.807) is 0 Å². The molecule has 0 saturated heterocycles. The molecule has 5 aliphatic carbocycles. The highest BCUT2D eigenvalue weighted by molar-refractivity contribution is 5.76. The average Bonchev–Trinajstić information content (AvgIpc) is 3.46. The number of aliphatic hydroxyl groups excluding tert-OH is 2. The molecule has 0 aliphatic heterocycles. The van der Waals surface area contributed by atoms with Crippen LogP contribution in [0.25, 0.3) is 0 Å². The Morgan fingerprint density at radius 3 is 2.52 bits per heavy atom. The third-order valence-electron chi connectivity index (χ3n) is 11.3. The number of aliphatic hydroxyl groups is 2. The second kappa shape index (κ2) is 8.01. The molecule has 0 radical (unpaired) electrons. The average molecular weight is 432 g/mol. The van der Waals surface area contributed by atoms with Gasteiger partial charge in [-0.1, -0.05) is 20.8 Å². The Hall–Kier alpha value is -0.610. The van der Waals surface area contributed by atoms with Crippen LogP contribution in [0.15, 0.2) is 0 Å². The Morgan fingerprint density at radius 2 is 1.77 bits per heavy atom.